The first-order chi connectivity index (χ1) is 12.7. The third kappa shape index (κ3) is 5.21. The topological polar surface area (TPSA) is 87.0 Å². The maximum atomic E-state index is 11.9. The molecule has 0 saturated heterocycles. The van der Waals surface area contributed by atoms with Crippen molar-refractivity contribution in [2.45, 2.75) is 44.9 Å². The maximum Gasteiger partial charge on any atom is 0.315 e. The van der Waals surface area contributed by atoms with Crippen LogP contribution in [0.2, 0.25) is 0 Å². The number of benzene rings is 1. The van der Waals surface area contributed by atoms with Crippen LogP contribution >= 0.6 is 0 Å². The van der Waals surface area contributed by atoms with Crippen molar-refractivity contribution in [1.29, 1.82) is 5.26 Å². The molecule has 134 valence electrons. The quantitative estimate of drug-likeness (QED) is 0.837. The largest absolute Gasteiger partial charge is 0.474 e. The van der Waals surface area contributed by atoms with Crippen molar-refractivity contribution in [3.63, 3.8) is 0 Å². The Hall–Kier alpha value is -3.07. The minimum absolute atomic E-state index is 0.249. The van der Waals surface area contributed by atoms with E-state index in [4.69, 9.17) is 10.00 Å². The van der Waals surface area contributed by atoms with Gasteiger partial charge in [-0.3, -0.25) is 0 Å². The van der Waals surface area contributed by atoms with E-state index in [0.717, 1.165) is 24.0 Å². The first-order valence-electron chi connectivity index (χ1n) is 8.85. The molecule has 1 aliphatic carbocycles. The minimum Gasteiger partial charge on any atom is -0.474 e. The highest BCUT2D eigenvalue weighted by molar-refractivity contribution is 5.73. The fourth-order valence-electron chi connectivity index (χ4n) is 2.89. The van der Waals surface area contributed by atoms with Crippen LogP contribution in [0.5, 0.6) is 5.88 Å². The number of aromatic nitrogens is 1. The lowest BCUT2D eigenvalue weighted by Crippen LogP contribution is -2.34. The molecule has 6 nitrogen and oxygen atoms in total. The number of ether oxygens (including phenoxy) is 1. The Kier molecular flexibility index (Phi) is 6.05. The molecule has 1 aromatic heterocycles. The van der Waals surface area contributed by atoms with Crippen LogP contribution in [0.1, 0.15) is 42.4 Å². The normalized spacial score (nSPS) is 13.8. The Balaban J connectivity index is 1.40. The van der Waals surface area contributed by atoms with E-state index < -0.39 is 0 Å². The Bertz CT molecular complexity index is 760. The molecular formula is C20H22N4O2. The summed E-state index contributed by atoms with van der Waals surface area (Å²) in [6, 6.07) is 12.7. The summed E-state index contributed by atoms with van der Waals surface area (Å²) in [5.41, 5.74) is 2.46. The van der Waals surface area contributed by atoms with Crippen molar-refractivity contribution in [2.24, 2.45) is 0 Å². The van der Waals surface area contributed by atoms with E-state index in [-0.39, 0.29) is 6.03 Å². The minimum atomic E-state index is -0.249. The third-order valence-electron chi connectivity index (χ3n) is 4.38. The van der Waals surface area contributed by atoms with Gasteiger partial charge in [0.1, 0.15) is 6.10 Å². The second kappa shape index (κ2) is 8.86. The van der Waals surface area contributed by atoms with Gasteiger partial charge in [0, 0.05) is 25.4 Å². The van der Waals surface area contributed by atoms with Crippen LogP contribution in [0.25, 0.3) is 0 Å². The van der Waals surface area contributed by atoms with Crippen LogP contribution in [-0.2, 0) is 13.1 Å². The Morgan fingerprint density at radius 2 is 1.73 bits per heavy atom. The van der Waals surface area contributed by atoms with E-state index in [2.05, 4.69) is 21.7 Å². The molecule has 0 aliphatic heterocycles. The fourth-order valence-corrected chi connectivity index (χ4v) is 2.89. The average Bonchev–Trinajstić information content (AvgIpc) is 3.19. The van der Waals surface area contributed by atoms with E-state index in [1.54, 1.807) is 18.3 Å². The van der Waals surface area contributed by atoms with E-state index in [1.165, 1.54) is 12.8 Å². The van der Waals surface area contributed by atoms with Crippen LogP contribution in [0, 0.1) is 11.3 Å². The zero-order valence-corrected chi connectivity index (χ0v) is 14.6. The van der Waals surface area contributed by atoms with Gasteiger partial charge in [-0.15, -0.1) is 0 Å². The number of nitriles is 1. The van der Waals surface area contributed by atoms with Crippen LogP contribution < -0.4 is 15.4 Å². The molecule has 1 saturated carbocycles. The highest BCUT2D eigenvalue weighted by atomic mass is 16.5. The first-order valence-corrected chi connectivity index (χ1v) is 8.85. The molecule has 1 aromatic carbocycles. The molecule has 2 amide bonds. The fraction of sp³-hybridized carbons (Fsp3) is 0.350. The number of amides is 2. The van der Waals surface area contributed by atoms with Gasteiger partial charge in [-0.25, -0.2) is 9.78 Å². The summed E-state index contributed by atoms with van der Waals surface area (Å²) in [5.74, 6) is 0.644. The van der Waals surface area contributed by atoms with Crippen molar-refractivity contribution in [3.05, 3.63) is 59.3 Å². The van der Waals surface area contributed by atoms with Gasteiger partial charge in [0.25, 0.3) is 0 Å². The van der Waals surface area contributed by atoms with Crippen molar-refractivity contribution in [3.8, 4) is 11.9 Å². The molecule has 6 heteroatoms. The van der Waals surface area contributed by atoms with Gasteiger partial charge in [0.05, 0.1) is 11.6 Å². The summed E-state index contributed by atoms with van der Waals surface area (Å²) >= 11 is 0. The number of nitrogens with zero attached hydrogens (tertiary/aromatic N) is 2. The predicted molar refractivity (Wildman–Crippen MR) is 97.4 cm³/mol. The standard InChI is InChI=1S/C20H22N4O2/c21-11-15-5-7-16(8-6-15)12-23-20(25)24-14-17-9-10-19(22-13-17)26-18-3-1-2-4-18/h5-10,13,18H,1-4,12,14H2,(H2,23,24,25). The zero-order chi connectivity index (χ0) is 18.2. The summed E-state index contributed by atoms with van der Waals surface area (Å²) < 4.78 is 5.83. The average molecular weight is 350 g/mol. The van der Waals surface area contributed by atoms with Gasteiger partial charge in [-0.05, 0) is 48.9 Å². The van der Waals surface area contributed by atoms with Gasteiger partial charge in [0.2, 0.25) is 5.88 Å². The number of carbonyl (C=O) groups excluding carboxylic acids is 1. The molecule has 1 aliphatic rings. The highest BCUT2D eigenvalue weighted by Crippen LogP contribution is 2.22. The van der Waals surface area contributed by atoms with Crippen LogP contribution in [0.4, 0.5) is 4.79 Å². The molecular weight excluding hydrogens is 328 g/mol. The third-order valence-corrected chi connectivity index (χ3v) is 4.38. The van der Waals surface area contributed by atoms with Gasteiger partial charge in [-0.1, -0.05) is 18.2 Å². The van der Waals surface area contributed by atoms with Crippen molar-refractivity contribution < 1.29 is 9.53 Å². The van der Waals surface area contributed by atoms with Crippen molar-refractivity contribution >= 4 is 6.03 Å². The molecule has 2 aromatic rings. The molecule has 0 unspecified atom stereocenters. The highest BCUT2D eigenvalue weighted by Gasteiger charge is 2.16. The van der Waals surface area contributed by atoms with Gasteiger partial charge in [-0.2, -0.15) is 5.26 Å². The number of rotatable bonds is 6. The van der Waals surface area contributed by atoms with Crippen LogP contribution in [-0.4, -0.2) is 17.1 Å². The summed E-state index contributed by atoms with van der Waals surface area (Å²) in [6.07, 6.45) is 6.67. The molecule has 1 fully saturated rings. The molecule has 0 spiro atoms. The lowest BCUT2D eigenvalue weighted by Gasteiger charge is -2.12. The van der Waals surface area contributed by atoms with Gasteiger partial charge in [0.15, 0.2) is 0 Å². The second-order valence-electron chi connectivity index (χ2n) is 6.37. The summed E-state index contributed by atoms with van der Waals surface area (Å²) in [4.78, 5) is 16.2. The predicted octanol–water partition coefficient (Wildman–Crippen LogP) is 3.27. The van der Waals surface area contributed by atoms with E-state index >= 15 is 0 Å². The van der Waals surface area contributed by atoms with E-state index in [0.29, 0.717) is 30.6 Å². The summed E-state index contributed by atoms with van der Waals surface area (Å²) in [7, 11) is 0. The zero-order valence-electron chi connectivity index (χ0n) is 14.6. The number of hydrogen-bond donors (Lipinski definition) is 2. The molecule has 2 N–H and O–H groups in total. The smallest absolute Gasteiger partial charge is 0.315 e. The number of pyridine rings is 1. The Labute approximate surface area is 153 Å². The maximum absolute atomic E-state index is 11.9. The van der Waals surface area contributed by atoms with Crippen LogP contribution in [0.3, 0.4) is 0 Å². The number of carbonyl (C=O) groups is 1. The Morgan fingerprint density at radius 3 is 2.35 bits per heavy atom. The summed E-state index contributed by atoms with van der Waals surface area (Å²) in [5, 5.41) is 14.4. The molecule has 0 radical (unpaired) electrons. The lowest BCUT2D eigenvalue weighted by molar-refractivity contribution is 0.201. The monoisotopic (exact) mass is 350 g/mol. The van der Waals surface area contributed by atoms with Gasteiger partial charge >= 0.3 is 6.03 Å². The van der Waals surface area contributed by atoms with E-state index in [9.17, 15) is 4.79 Å². The number of urea groups is 1. The van der Waals surface area contributed by atoms with E-state index in [1.807, 2.05) is 24.3 Å². The molecule has 0 atom stereocenters. The van der Waals surface area contributed by atoms with Crippen molar-refractivity contribution in [1.82, 2.24) is 15.6 Å². The van der Waals surface area contributed by atoms with Crippen LogP contribution in [0.15, 0.2) is 42.6 Å². The SMILES string of the molecule is N#Cc1ccc(CNC(=O)NCc2ccc(OC3CCCC3)nc2)cc1. The molecule has 26 heavy (non-hydrogen) atoms. The first kappa shape index (κ1) is 17.7. The molecule has 1 heterocycles. The molecule has 0 bridgehead atoms. The Morgan fingerprint density at radius 1 is 1.08 bits per heavy atom. The number of hydrogen-bond acceptors (Lipinski definition) is 4. The second-order valence-corrected chi connectivity index (χ2v) is 6.37. The molecule has 3 rings (SSSR count). The lowest BCUT2D eigenvalue weighted by atomic mass is 10.1. The van der Waals surface area contributed by atoms with Gasteiger partial charge < -0.3 is 15.4 Å². The number of nitrogens with one attached hydrogen (secondary N) is 2. The summed E-state index contributed by atoms with van der Waals surface area (Å²) in [6.45, 7) is 0.805. The van der Waals surface area contributed by atoms with Crippen molar-refractivity contribution in [2.75, 3.05) is 0 Å².